The van der Waals surface area contributed by atoms with Crippen molar-refractivity contribution < 1.29 is 14.3 Å². The van der Waals surface area contributed by atoms with E-state index in [-0.39, 0.29) is 24.7 Å². The van der Waals surface area contributed by atoms with Gasteiger partial charge >= 0.3 is 0 Å². The van der Waals surface area contributed by atoms with Crippen molar-refractivity contribution in [3.63, 3.8) is 0 Å². The van der Waals surface area contributed by atoms with E-state index in [1.165, 1.54) is 6.42 Å². The number of nitrogens with zero attached hydrogens (tertiary/aromatic N) is 2. The quantitative estimate of drug-likeness (QED) is 0.714. The van der Waals surface area contributed by atoms with Crippen molar-refractivity contribution in [1.29, 1.82) is 0 Å². The number of rotatable bonds is 7. The molecule has 29 heavy (non-hydrogen) atoms. The number of likely N-dealkylation sites (tertiary alicyclic amines) is 1. The Morgan fingerprint density at radius 1 is 1.17 bits per heavy atom. The Balaban J connectivity index is 1.37. The molecule has 1 aromatic carbocycles. The molecule has 1 N–H and O–H groups in total. The van der Waals surface area contributed by atoms with Crippen molar-refractivity contribution in [2.45, 2.75) is 46.5 Å². The van der Waals surface area contributed by atoms with Crippen LogP contribution >= 0.6 is 0 Å². The Morgan fingerprint density at radius 2 is 1.93 bits per heavy atom. The number of carbonyl (C=O) groups is 2. The molecule has 0 aromatic heterocycles. The lowest BCUT2D eigenvalue weighted by Gasteiger charge is -2.34. The lowest BCUT2D eigenvalue weighted by Crippen LogP contribution is -2.40. The highest BCUT2D eigenvalue weighted by Crippen LogP contribution is 2.32. The van der Waals surface area contributed by atoms with E-state index in [0.717, 1.165) is 54.9 Å². The summed E-state index contributed by atoms with van der Waals surface area (Å²) in [5.74, 6) is 2.19. The maximum absolute atomic E-state index is 12.7. The number of nitrogens with one attached hydrogen (secondary N) is 1. The summed E-state index contributed by atoms with van der Waals surface area (Å²) in [6.45, 7) is 11.7. The fourth-order valence-electron chi connectivity index (χ4n) is 4.54. The molecule has 1 fully saturated rings. The zero-order valence-electron chi connectivity index (χ0n) is 18.1. The average Bonchev–Trinajstić information content (AvgIpc) is 2.68. The number of hydrogen-bond donors (Lipinski definition) is 1. The smallest absolute Gasteiger partial charge is 0.227 e. The number of ether oxygens (including phenoxy) is 1. The van der Waals surface area contributed by atoms with Crippen LogP contribution in [0.3, 0.4) is 0 Å². The van der Waals surface area contributed by atoms with Gasteiger partial charge in [0.15, 0.2) is 0 Å². The van der Waals surface area contributed by atoms with Crippen LogP contribution in [0.4, 0.5) is 5.69 Å². The molecule has 0 spiro atoms. The zero-order chi connectivity index (χ0) is 20.8. The van der Waals surface area contributed by atoms with E-state index >= 15 is 0 Å². The van der Waals surface area contributed by atoms with Gasteiger partial charge in [-0.25, -0.2) is 0 Å². The molecule has 6 heteroatoms. The number of fused-ring (bicyclic) bond motifs is 1. The van der Waals surface area contributed by atoms with Gasteiger partial charge in [0.05, 0.1) is 12.2 Å². The van der Waals surface area contributed by atoms with Gasteiger partial charge in [0.25, 0.3) is 0 Å². The van der Waals surface area contributed by atoms with E-state index in [4.69, 9.17) is 4.74 Å². The second kappa shape index (κ2) is 10.1. The van der Waals surface area contributed by atoms with Crippen molar-refractivity contribution in [3.05, 3.63) is 23.8 Å². The van der Waals surface area contributed by atoms with Gasteiger partial charge in [-0.15, -0.1) is 0 Å². The molecule has 2 atom stereocenters. The van der Waals surface area contributed by atoms with Gasteiger partial charge in [0.1, 0.15) is 12.4 Å². The Hall–Kier alpha value is -2.08. The van der Waals surface area contributed by atoms with Crippen LogP contribution in [0.25, 0.3) is 0 Å². The lowest BCUT2D eigenvalue weighted by molar-refractivity contribution is -0.125. The largest absolute Gasteiger partial charge is 0.490 e. The van der Waals surface area contributed by atoms with E-state index < -0.39 is 0 Å². The summed E-state index contributed by atoms with van der Waals surface area (Å²) < 4.78 is 5.64. The van der Waals surface area contributed by atoms with E-state index in [2.05, 4.69) is 24.1 Å². The summed E-state index contributed by atoms with van der Waals surface area (Å²) in [5.41, 5.74) is 1.90. The Bertz CT molecular complexity index is 711. The number of amides is 2. The molecule has 0 aliphatic carbocycles. The van der Waals surface area contributed by atoms with Gasteiger partial charge in [0.2, 0.25) is 11.8 Å². The highest BCUT2D eigenvalue weighted by molar-refractivity contribution is 5.97. The van der Waals surface area contributed by atoms with Crippen LogP contribution in [-0.2, 0) is 9.59 Å². The van der Waals surface area contributed by atoms with Crippen molar-refractivity contribution in [3.8, 4) is 5.75 Å². The van der Waals surface area contributed by atoms with E-state index in [0.29, 0.717) is 19.7 Å². The maximum atomic E-state index is 12.7. The number of carbonyl (C=O) groups excluding carboxylic acids is 2. The molecule has 2 amide bonds. The van der Waals surface area contributed by atoms with Crippen LogP contribution in [0.2, 0.25) is 0 Å². The van der Waals surface area contributed by atoms with Crippen LogP contribution < -0.4 is 15.0 Å². The molecular formula is C23H35N3O3. The molecule has 6 nitrogen and oxygen atoms in total. The highest BCUT2D eigenvalue weighted by atomic mass is 16.5. The topological polar surface area (TPSA) is 61.9 Å². The Labute approximate surface area is 174 Å². The molecule has 0 bridgehead atoms. The third kappa shape index (κ3) is 6.20. The number of aryl methyl sites for hydroxylation is 1. The third-order valence-corrected chi connectivity index (χ3v) is 5.76. The van der Waals surface area contributed by atoms with Gasteiger partial charge in [-0.1, -0.05) is 19.9 Å². The highest BCUT2D eigenvalue weighted by Gasteiger charge is 2.24. The molecule has 2 aliphatic heterocycles. The van der Waals surface area contributed by atoms with Crippen LogP contribution in [0, 0.1) is 18.8 Å². The van der Waals surface area contributed by atoms with Gasteiger partial charge in [-0.05, 0) is 55.8 Å². The first-order chi connectivity index (χ1) is 13.9. The second-order valence-electron chi connectivity index (χ2n) is 8.77. The monoisotopic (exact) mass is 401 g/mol. The first-order valence-corrected chi connectivity index (χ1v) is 10.9. The molecule has 0 unspecified atom stereocenters. The molecule has 160 valence electrons. The SMILES string of the molecule is Cc1ccc2c(c1)N(C(=O)CCC(=O)NCCCN1C[C@H](C)C[C@H](C)C1)CCO2. The molecule has 2 heterocycles. The van der Waals surface area contributed by atoms with Gasteiger partial charge in [0, 0.05) is 32.5 Å². The second-order valence-corrected chi connectivity index (χ2v) is 8.77. The normalized spacial score (nSPS) is 22.0. The molecule has 0 radical (unpaired) electrons. The van der Waals surface area contributed by atoms with Crippen molar-refractivity contribution >= 4 is 17.5 Å². The lowest BCUT2D eigenvalue weighted by atomic mass is 9.92. The summed E-state index contributed by atoms with van der Waals surface area (Å²) in [6.07, 6.45) is 2.72. The van der Waals surface area contributed by atoms with Crippen LogP contribution in [0.15, 0.2) is 18.2 Å². The van der Waals surface area contributed by atoms with Crippen molar-refractivity contribution in [1.82, 2.24) is 10.2 Å². The van der Waals surface area contributed by atoms with E-state index in [9.17, 15) is 9.59 Å². The summed E-state index contributed by atoms with van der Waals surface area (Å²) in [6, 6.07) is 5.85. The summed E-state index contributed by atoms with van der Waals surface area (Å²) >= 11 is 0. The average molecular weight is 402 g/mol. The molecule has 3 rings (SSSR count). The van der Waals surface area contributed by atoms with Crippen LogP contribution in [0.5, 0.6) is 5.75 Å². The minimum Gasteiger partial charge on any atom is -0.490 e. The number of benzene rings is 1. The van der Waals surface area contributed by atoms with Gasteiger partial charge in [-0.2, -0.15) is 0 Å². The predicted octanol–water partition coefficient (Wildman–Crippen LogP) is 2.98. The number of anilines is 1. The van der Waals surface area contributed by atoms with E-state index in [1.807, 2.05) is 25.1 Å². The standard InChI is InChI=1S/C23H35N3O3/c1-17-5-6-21-20(14-17)26(11-12-29-21)23(28)8-7-22(27)24-9-4-10-25-15-18(2)13-19(3)16-25/h5-6,14,18-19H,4,7-13,15-16H2,1-3H3,(H,24,27)/t18-,19+. The molecule has 1 saturated heterocycles. The molecule has 1 aromatic rings. The fourth-order valence-corrected chi connectivity index (χ4v) is 4.54. The summed E-state index contributed by atoms with van der Waals surface area (Å²) in [4.78, 5) is 29.1. The van der Waals surface area contributed by atoms with Crippen LogP contribution in [0.1, 0.15) is 45.1 Å². The fraction of sp³-hybridized carbons (Fsp3) is 0.652. The van der Waals surface area contributed by atoms with Crippen molar-refractivity contribution in [2.75, 3.05) is 44.2 Å². The van der Waals surface area contributed by atoms with Gasteiger partial charge < -0.3 is 19.9 Å². The zero-order valence-corrected chi connectivity index (χ0v) is 18.1. The maximum Gasteiger partial charge on any atom is 0.227 e. The molecule has 2 aliphatic rings. The molecular weight excluding hydrogens is 366 g/mol. The summed E-state index contributed by atoms with van der Waals surface area (Å²) in [5, 5.41) is 2.97. The Morgan fingerprint density at radius 3 is 2.69 bits per heavy atom. The van der Waals surface area contributed by atoms with Crippen molar-refractivity contribution in [2.24, 2.45) is 11.8 Å². The number of piperidine rings is 1. The Kier molecular flexibility index (Phi) is 7.53. The third-order valence-electron chi connectivity index (χ3n) is 5.76. The summed E-state index contributed by atoms with van der Waals surface area (Å²) in [7, 11) is 0. The minimum absolute atomic E-state index is 0.0217. The van der Waals surface area contributed by atoms with E-state index in [1.54, 1.807) is 4.90 Å². The molecule has 0 saturated carbocycles. The minimum atomic E-state index is -0.0449. The first-order valence-electron chi connectivity index (χ1n) is 10.9. The number of hydrogen-bond acceptors (Lipinski definition) is 4. The predicted molar refractivity (Wildman–Crippen MR) is 115 cm³/mol. The van der Waals surface area contributed by atoms with Crippen LogP contribution in [-0.4, -0.2) is 56.0 Å². The first kappa shape index (κ1) is 21.6. The van der Waals surface area contributed by atoms with Gasteiger partial charge in [-0.3, -0.25) is 9.59 Å².